The second kappa shape index (κ2) is 4.37. The fraction of sp³-hybridized carbons (Fsp3) is 0.250. The van der Waals surface area contributed by atoms with Crippen LogP contribution in [0.1, 0.15) is 16.7 Å². The van der Waals surface area contributed by atoms with Gasteiger partial charge in [-0.05, 0) is 42.3 Å². The molecule has 0 fully saturated rings. The highest BCUT2D eigenvalue weighted by molar-refractivity contribution is 5.56. The minimum Gasteiger partial charge on any atom is -0.388 e. The molecule has 1 heterocycles. The van der Waals surface area contributed by atoms with Gasteiger partial charge in [-0.2, -0.15) is 0 Å². The van der Waals surface area contributed by atoms with Gasteiger partial charge in [0.2, 0.25) is 0 Å². The van der Waals surface area contributed by atoms with Gasteiger partial charge in [-0.1, -0.05) is 23.8 Å². The average Bonchev–Trinajstić information content (AvgIpc) is 2.82. The van der Waals surface area contributed by atoms with E-state index < -0.39 is 0 Å². The third-order valence-corrected chi connectivity index (χ3v) is 3.62. The fourth-order valence-corrected chi connectivity index (χ4v) is 2.49. The molecule has 1 aliphatic heterocycles. The van der Waals surface area contributed by atoms with E-state index in [9.17, 15) is 0 Å². The molecule has 0 aromatic heterocycles. The molecule has 1 N–H and O–H groups in total. The normalized spacial score (nSPS) is 13.6. The lowest BCUT2D eigenvalue weighted by Gasteiger charge is -2.17. The van der Waals surface area contributed by atoms with Gasteiger partial charge in [0.15, 0.2) is 0 Å². The molecule has 92 valence electrons. The lowest BCUT2D eigenvalue weighted by Crippen LogP contribution is -2.14. The summed E-state index contributed by atoms with van der Waals surface area (Å²) in [6.45, 7) is 4.15. The Labute approximate surface area is 108 Å². The van der Waals surface area contributed by atoms with Crippen molar-refractivity contribution in [3.63, 3.8) is 0 Å². The SMILES string of the molecule is CNc1ccc2c(c1)CN(c1ccc(C)cc1)C2. The number of rotatable bonds is 2. The number of benzene rings is 2. The van der Waals surface area contributed by atoms with Gasteiger partial charge in [-0.25, -0.2) is 0 Å². The molecular weight excluding hydrogens is 220 g/mol. The highest BCUT2D eigenvalue weighted by Gasteiger charge is 2.19. The zero-order chi connectivity index (χ0) is 12.5. The van der Waals surface area contributed by atoms with E-state index in [-0.39, 0.29) is 0 Å². The van der Waals surface area contributed by atoms with E-state index in [1.165, 1.54) is 28.1 Å². The van der Waals surface area contributed by atoms with Gasteiger partial charge in [-0.15, -0.1) is 0 Å². The number of aryl methyl sites for hydroxylation is 1. The van der Waals surface area contributed by atoms with Gasteiger partial charge in [0.05, 0.1) is 0 Å². The maximum absolute atomic E-state index is 3.20. The molecule has 2 aromatic carbocycles. The smallest absolute Gasteiger partial charge is 0.0437 e. The van der Waals surface area contributed by atoms with Crippen molar-refractivity contribution in [1.82, 2.24) is 0 Å². The lowest BCUT2D eigenvalue weighted by atomic mass is 10.1. The average molecular weight is 238 g/mol. The van der Waals surface area contributed by atoms with E-state index in [4.69, 9.17) is 0 Å². The lowest BCUT2D eigenvalue weighted by molar-refractivity contribution is 0.880. The number of hydrogen-bond acceptors (Lipinski definition) is 2. The molecule has 0 amide bonds. The van der Waals surface area contributed by atoms with Crippen molar-refractivity contribution in [2.75, 3.05) is 17.3 Å². The quantitative estimate of drug-likeness (QED) is 0.860. The first-order valence-electron chi connectivity index (χ1n) is 6.37. The van der Waals surface area contributed by atoms with Crippen molar-refractivity contribution in [1.29, 1.82) is 0 Å². The minimum atomic E-state index is 1.01. The third kappa shape index (κ3) is 1.94. The van der Waals surface area contributed by atoms with Crippen LogP contribution in [0.3, 0.4) is 0 Å². The molecule has 0 aliphatic carbocycles. The molecule has 2 nitrogen and oxygen atoms in total. The van der Waals surface area contributed by atoms with E-state index >= 15 is 0 Å². The van der Waals surface area contributed by atoms with Gasteiger partial charge < -0.3 is 10.2 Å². The van der Waals surface area contributed by atoms with Crippen LogP contribution in [-0.2, 0) is 13.1 Å². The van der Waals surface area contributed by atoms with E-state index in [0.29, 0.717) is 0 Å². The Bertz CT molecular complexity index is 558. The van der Waals surface area contributed by atoms with Crippen LogP contribution in [0, 0.1) is 6.92 Å². The van der Waals surface area contributed by atoms with Gasteiger partial charge in [-0.3, -0.25) is 0 Å². The molecule has 18 heavy (non-hydrogen) atoms. The van der Waals surface area contributed by atoms with Crippen molar-refractivity contribution in [3.05, 3.63) is 59.2 Å². The summed E-state index contributed by atoms with van der Waals surface area (Å²) in [4.78, 5) is 2.42. The summed E-state index contributed by atoms with van der Waals surface area (Å²) in [5.74, 6) is 0. The molecule has 0 atom stereocenters. The number of anilines is 2. The third-order valence-electron chi connectivity index (χ3n) is 3.62. The standard InChI is InChI=1S/C16H18N2/c1-12-3-7-16(8-4-12)18-10-13-5-6-15(17-2)9-14(13)11-18/h3-9,17H,10-11H2,1-2H3. The van der Waals surface area contributed by atoms with Crippen molar-refractivity contribution in [2.24, 2.45) is 0 Å². The van der Waals surface area contributed by atoms with E-state index in [1.54, 1.807) is 0 Å². The maximum Gasteiger partial charge on any atom is 0.0437 e. The molecule has 0 saturated carbocycles. The molecule has 0 saturated heterocycles. The second-order valence-electron chi connectivity index (χ2n) is 4.93. The van der Waals surface area contributed by atoms with Crippen LogP contribution in [0.25, 0.3) is 0 Å². The predicted molar refractivity (Wildman–Crippen MR) is 77.1 cm³/mol. The van der Waals surface area contributed by atoms with Crippen LogP contribution in [-0.4, -0.2) is 7.05 Å². The molecule has 3 rings (SSSR count). The topological polar surface area (TPSA) is 15.3 Å². The van der Waals surface area contributed by atoms with E-state index in [2.05, 4.69) is 59.6 Å². The molecule has 0 spiro atoms. The summed E-state index contributed by atoms with van der Waals surface area (Å²) >= 11 is 0. The Kier molecular flexibility index (Phi) is 2.71. The number of fused-ring (bicyclic) bond motifs is 1. The summed E-state index contributed by atoms with van der Waals surface area (Å²) in [5, 5.41) is 3.20. The molecular formula is C16H18N2. The van der Waals surface area contributed by atoms with Gasteiger partial charge >= 0.3 is 0 Å². The number of hydrogen-bond donors (Lipinski definition) is 1. The first kappa shape index (κ1) is 11.1. The fourth-order valence-electron chi connectivity index (χ4n) is 2.49. The minimum absolute atomic E-state index is 1.01. The van der Waals surface area contributed by atoms with Crippen LogP contribution < -0.4 is 10.2 Å². The molecule has 0 radical (unpaired) electrons. The van der Waals surface area contributed by atoms with E-state index in [0.717, 1.165) is 13.1 Å². The van der Waals surface area contributed by atoms with Gasteiger partial charge in [0.1, 0.15) is 0 Å². The Balaban J connectivity index is 1.86. The summed E-state index contributed by atoms with van der Waals surface area (Å²) in [6.07, 6.45) is 0. The largest absolute Gasteiger partial charge is 0.388 e. The van der Waals surface area contributed by atoms with Crippen LogP contribution in [0.15, 0.2) is 42.5 Å². The van der Waals surface area contributed by atoms with Gasteiger partial charge in [0, 0.05) is 31.5 Å². The zero-order valence-corrected chi connectivity index (χ0v) is 10.9. The Hall–Kier alpha value is -1.96. The van der Waals surface area contributed by atoms with Crippen molar-refractivity contribution >= 4 is 11.4 Å². The van der Waals surface area contributed by atoms with E-state index in [1.807, 2.05) is 7.05 Å². The second-order valence-corrected chi connectivity index (χ2v) is 4.93. The molecule has 2 aromatic rings. The van der Waals surface area contributed by atoms with Gasteiger partial charge in [0.25, 0.3) is 0 Å². The maximum atomic E-state index is 3.20. The first-order chi connectivity index (χ1) is 8.76. The Morgan fingerprint density at radius 3 is 2.39 bits per heavy atom. The molecule has 0 unspecified atom stereocenters. The first-order valence-corrected chi connectivity index (χ1v) is 6.37. The molecule has 1 aliphatic rings. The van der Waals surface area contributed by atoms with Crippen LogP contribution >= 0.6 is 0 Å². The number of nitrogens with zero attached hydrogens (tertiary/aromatic N) is 1. The van der Waals surface area contributed by atoms with Crippen LogP contribution in [0.2, 0.25) is 0 Å². The molecule has 0 bridgehead atoms. The van der Waals surface area contributed by atoms with Crippen molar-refractivity contribution in [2.45, 2.75) is 20.0 Å². The Morgan fingerprint density at radius 2 is 1.67 bits per heavy atom. The number of nitrogens with one attached hydrogen (secondary N) is 1. The summed E-state index contributed by atoms with van der Waals surface area (Å²) < 4.78 is 0. The van der Waals surface area contributed by atoms with Crippen LogP contribution in [0.4, 0.5) is 11.4 Å². The Morgan fingerprint density at radius 1 is 0.944 bits per heavy atom. The van der Waals surface area contributed by atoms with Crippen LogP contribution in [0.5, 0.6) is 0 Å². The van der Waals surface area contributed by atoms with Crippen molar-refractivity contribution in [3.8, 4) is 0 Å². The summed E-state index contributed by atoms with van der Waals surface area (Å²) in [6, 6.07) is 15.4. The molecule has 2 heteroatoms. The zero-order valence-electron chi connectivity index (χ0n) is 10.9. The highest BCUT2D eigenvalue weighted by atomic mass is 15.1. The summed E-state index contributed by atoms with van der Waals surface area (Å²) in [7, 11) is 1.97. The predicted octanol–water partition coefficient (Wildman–Crippen LogP) is 3.56. The summed E-state index contributed by atoms with van der Waals surface area (Å²) in [5.41, 5.74) is 6.69. The monoisotopic (exact) mass is 238 g/mol. The van der Waals surface area contributed by atoms with Crippen molar-refractivity contribution < 1.29 is 0 Å². The highest BCUT2D eigenvalue weighted by Crippen LogP contribution is 2.29.